The van der Waals surface area contributed by atoms with Crippen LogP contribution in [0.3, 0.4) is 0 Å². The molecule has 0 fully saturated rings. The minimum Gasteiger partial charge on any atom is -0.497 e. The van der Waals surface area contributed by atoms with Gasteiger partial charge in [0.1, 0.15) is 12.0 Å². The Kier molecular flexibility index (Phi) is 1.65. The van der Waals surface area contributed by atoms with E-state index in [-0.39, 0.29) is 6.04 Å². The molecule has 1 rings (SSSR count). The molecule has 0 aliphatic carbocycles. The van der Waals surface area contributed by atoms with Crippen molar-refractivity contribution in [2.75, 3.05) is 7.11 Å². The molecule has 0 unspecified atom stereocenters. The van der Waals surface area contributed by atoms with Gasteiger partial charge in [0.2, 0.25) is 0 Å². The minimum atomic E-state index is 0.194. The molecule has 0 aliphatic heterocycles. The number of carbonyl (C=O) groups is 1. The highest BCUT2D eigenvalue weighted by atomic mass is 16.5. The SMILES string of the molecule is [2H]c1cc(OC)ccc1C=O. The quantitative estimate of drug-likeness (QED) is 0.577. The number of hydrogen-bond acceptors (Lipinski definition) is 2. The molecule has 0 aliphatic rings. The van der Waals surface area contributed by atoms with Crippen LogP contribution in [-0.4, -0.2) is 13.4 Å². The molecule has 1 aromatic carbocycles. The fourth-order valence-electron chi connectivity index (χ4n) is 0.623. The fraction of sp³-hybridized carbons (Fsp3) is 0.125. The average molecular weight is 137 g/mol. The predicted octanol–water partition coefficient (Wildman–Crippen LogP) is 1.51. The highest BCUT2D eigenvalue weighted by Gasteiger charge is 1.89. The highest BCUT2D eigenvalue weighted by molar-refractivity contribution is 5.74. The topological polar surface area (TPSA) is 26.3 Å². The Hall–Kier alpha value is -1.31. The molecule has 0 bridgehead atoms. The van der Waals surface area contributed by atoms with Crippen molar-refractivity contribution >= 4 is 6.29 Å². The third kappa shape index (κ3) is 1.35. The maximum Gasteiger partial charge on any atom is 0.150 e. The number of benzene rings is 1. The lowest BCUT2D eigenvalue weighted by atomic mass is 10.2. The number of hydrogen-bond donors (Lipinski definition) is 0. The van der Waals surface area contributed by atoms with Crippen molar-refractivity contribution in [2.45, 2.75) is 0 Å². The number of carbonyl (C=O) groups excluding carboxylic acids is 1. The standard InChI is InChI=1S/C8H8O2/c1-10-8-4-2-7(6-9)3-5-8/h2-6H,1H3/i2D. The molecule has 0 spiro atoms. The van der Waals surface area contributed by atoms with Crippen LogP contribution in [0.4, 0.5) is 0 Å². The van der Waals surface area contributed by atoms with Crippen LogP contribution in [0.1, 0.15) is 11.7 Å². The number of methoxy groups -OCH3 is 1. The Bertz CT molecular complexity index is 271. The van der Waals surface area contributed by atoms with Crippen molar-refractivity contribution in [1.82, 2.24) is 0 Å². The molecule has 52 valence electrons. The van der Waals surface area contributed by atoms with Crippen molar-refractivity contribution in [3.63, 3.8) is 0 Å². The maximum absolute atomic E-state index is 10.3. The van der Waals surface area contributed by atoms with E-state index in [9.17, 15) is 4.79 Å². The van der Waals surface area contributed by atoms with Crippen LogP contribution in [0.2, 0.25) is 0 Å². The summed E-state index contributed by atoms with van der Waals surface area (Å²) in [6, 6.07) is 4.92. The lowest BCUT2D eigenvalue weighted by molar-refractivity contribution is 0.112. The van der Waals surface area contributed by atoms with Crippen molar-refractivity contribution in [3.05, 3.63) is 29.8 Å². The first-order valence-electron chi connectivity index (χ1n) is 3.37. The molecule has 0 radical (unpaired) electrons. The van der Waals surface area contributed by atoms with Gasteiger partial charge in [-0.2, -0.15) is 0 Å². The number of ether oxygens (including phenoxy) is 1. The lowest BCUT2D eigenvalue weighted by Gasteiger charge is -1.96. The van der Waals surface area contributed by atoms with Crippen molar-refractivity contribution in [1.29, 1.82) is 0 Å². The summed E-state index contributed by atoms with van der Waals surface area (Å²) in [6.45, 7) is 0. The monoisotopic (exact) mass is 137 g/mol. The van der Waals surface area contributed by atoms with E-state index in [1.54, 1.807) is 12.1 Å². The van der Waals surface area contributed by atoms with E-state index in [0.29, 0.717) is 17.6 Å². The smallest absolute Gasteiger partial charge is 0.150 e. The second-order valence-corrected chi connectivity index (χ2v) is 1.80. The summed E-state index contributed by atoms with van der Waals surface area (Å²) >= 11 is 0. The summed E-state index contributed by atoms with van der Waals surface area (Å²) in [5, 5.41) is 0. The molecule has 0 N–H and O–H groups in total. The van der Waals surface area contributed by atoms with Gasteiger partial charge in [-0.3, -0.25) is 4.79 Å². The molecule has 2 nitrogen and oxygen atoms in total. The molecule has 0 saturated carbocycles. The second-order valence-electron chi connectivity index (χ2n) is 1.80. The van der Waals surface area contributed by atoms with Gasteiger partial charge in [-0.25, -0.2) is 0 Å². The van der Waals surface area contributed by atoms with Gasteiger partial charge >= 0.3 is 0 Å². The Morgan fingerprint density at radius 2 is 2.40 bits per heavy atom. The lowest BCUT2D eigenvalue weighted by Crippen LogP contribution is -1.82. The molecule has 0 atom stereocenters. The maximum atomic E-state index is 10.3. The van der Waals surface area contributed by atoms with Crippen LogP contribution in [0.25, 0.3) is 0 Å². The van der Waals surface area contributed by atoms with Gasteiger partial charge in [-0.05, 0) is 24.2 Å². The van der Waals surface area contributed by atoms with E-state index in [1.807, 2.05) is 0 Å². The largest absolute Gasteiger partial charge is 0.497 e. The van der Waals surface area contributed by atoms with Gasteiger partial charge in [0.25, 0.3) is 0 Å². The first-order valence-corrected chi connectivity index (χ1v) is 2.87. The van der Waals surface area contributed by atoms with E-state index in [4.69, 9.17) is 6.11 Å². The van der Waals surface area contributed by atoms with Gasteiger partial charge in [0.05, 0.1) is 8.48 Å². The highest BCUT2D eigenvalue weighted by Crippen LogP contribution is 2.09. The van der Waals surface area contributed by atoms with Crippen LogP contribution in [0.15, 0.2) is 24.2 Å². The molecule has 10 heavy (non-hydrogen) atoms. The van der Waals surface area contributed by atoms with Crippen LogP contribution in [0.5, 0.6) is 5.75 Å². The van der Waals surface area contributed by atoms with Crippen LogP contribution in [-0.2, 0) is 0 Å². The molecular formula is C8H8O2. The minimum absolute atomic E-state index is 0.194. The summed E-state index contributed by atoms with van der Waals surface area (Å²) in [4.78, 5) is 10.3. The zero-order valence-corrected chi connectivity index (χ0v) is 5.63. The summed E-state index contributed by atoms with van der Waals surface area (Å²) in [5.41, 5.74) is 0.380. The van der Waals surface area contributed by atoms with E-state index >= 15 is 0 Å². The third-order valence-corrected chi connectivity index (χ3v) is 1.17. The first-order chi connectivity index (χ1) is 5.27. The summed E-state index contributed by atoms with van der Waals surface area (Å²) in [6.07, 6.45) is 0.655. The molecule has 1 aromatic rings. The average Bonchev–Trinajstić information content (AvgIpc) is 2.04. The van der Waals surface area contributed by atoms with Crippen molar-refractivity contribution in [2.24, 2.45) is 0 Å². The molecule has 0 aromatic heterocycles. The predicted molar refractivity (Wildman–Crippen MR) is 38.4 cm³/mol. The number of rotatable bonds is 2. The van der Waals surface area contributed by atoms with E-state index in [0.717, 1.165) is 0 Å². The summed E-state index contributed by atoms with van der Waals surface area (Å²) in [5.74, 6) is 0.598. The number of aldehydes is 1. The molecule has 2 heteroatoms. The van der Waals surface area contributed by atoms with Crippen molar-refractivity contribution < 1.29 is 10.9 Å². The van der Waals surface area contributed by atoms with Gasteiger partial charge in [-0.15, -0.1) is 0 Å². The fourth-order valence-corrected chi connectivity index (χ4v) is 0.623. The molecular weight excluding hydrogens is 128 g/mol. The Balaban J connectivity index is 3.09. The van der Waals surface area contributed by atoms with Gasteiger partial charge in [0.15, 0.2) is 0 Å². The van der Waals surface area contributed by atoms with Gasteiger partial charge in [-0.1, -0.05) is 0 Å². The molecule has 0 heterocycles. The Labute approximate surface area is 60.8 Å². The van der Waals surface area contributed by atoms with Crippen LogP contribution < -0.4 is 4.74 Å². The van der Waals surface area contributed by atoms with E-state index < -0.39 is 0 Å². The zero-order valence-electron chi connectivity index (χ0n) is 6.63. The first kappa shape index (κ1) is 5.47. The molecule has 0 saturated heterocycles. The zero-order chi connectivity index (χ0) is 8.27. The summed E-state index contributed by atoms with van der Waals surface area (Å²) < 4.78 is 12.2. The van der Waals surface area contributed by atoms with E-state index in [1.165, 1.54) is 13.2 Å². The second kappa shape index (κ2) is 3.01. The summed E-state index contributed by atoms with van der Waals surface area (Å²) in [7, 11) is 1.52. The third-order valence-electron chi connectivity index (χ3n) is 1.17. The van der Waals surface area contributed by atoms with Crippen molar-refractivity contribution in [3.8, 4) is 5.75 Å². The normalized spacial score (nSPS) is 10.3. The van der Waals surface area contributed by atoms with E-state index in [2.05, 4.69) is 0 Å². The van der Waals surface area contributed by atoms with Gasteiger partial charge < -0.3 is 4.74 Å². The Morgan fingerprint density at radius 1 is 1.60 bits per heavy atom. The molecule has 0 amide bonds. The van der Waals surface area contributed by atoms with Gasteiger partial charge in [0, 0.05) is 5.56 Å². The Morgan fingerprint density at radius 3 is 2.90 bits per heavy atom. The van der Waals surface area contributed by atoms with Crippen LogP contribution >= 0.6 is 0 Å². The van der Waals surface area contributed by atoms with Crippen LogP contribution in [0, 0.1) is 0 Å².